The number of hydrogen-bond acceptors (Lipinski definition) is 6. The molecule has 1 amide bonds. The van der Waals surface area contributed by atoms with Crippen molar-refractivity contribution in [3.63, 3.8) is 0 Å². The molecule has 0 saturated heterocycles. The second-order valence-corrected chi connectivity index (χ2v) is 7.18. The number of benzene rings is 2. The maximum absolute atomic E-state index is 12.3. The highest BCUT2D eigenvalue weighted by molar-refractivity contribution is 5.92. The van der Waals surface area contributed by atoms with Gasteiger partial charge in [0.25, 0.3) is 5.91 Å². The van der Waals surface area contributed by atoms with Crippen LogP contribution in [0.4, 0.5) is 0 Å². The minimum atomic E-state index is -0.787. The monoisotopic (exact) mass is 423 g/mol. The number of amides is 1. The Bertz CT molecular complexity index is 1070. The van der Waals surface area contributed by atoms with Crippen molar-refractivity contribution < 1.29 is 23.9 Å². The molecule has 0 unspecified atom stereocenters. The normalized spacial score (nSPS) is 12.7. The Morgan fingerprint density at radius 2 is 1.81 bits per heavy atom. The van der Waals surface area contributed by atoms with Gasteiger partial charge in [-0.25, -0.2) is 14.6 Å². The first-order chi connectivity index (χ1) is 14.9. The number of carbonyl (C=O) groups is 3. The Balaban J connectivity index is 1.60. The maximum Gasteiger partial charge on any atom is 0.338 e. The molecule has 3 rings (SSSR count). The Morgan fingerprint density at radius 1 is 1.10 bits per heavy atom. The first-order valence-electron chi connectivity index (χ1n) is 10.0. The van der Waals surface area contributed by atoms with Crippen molar-refractivity contribution in [1.29, 1.82) is 0 Å². The lowest BCUT2D eigenvalue weighted by atomic mass is 9.99. The second kappa shape index (κ2) is 9.88. The van der Waals surface area contributed by atoms with E-state index in [2.05, 4.69) is 10.3 Å². The minimum absolute atomic E-state index is 0.112. The molecule has 8 nitrogen and oxygen atoms in total. The van der Waals surface area contributed by atoms with Gasteiger partial charge in [0, 0.05) is 5.69 Å². The summed E-state index contributed by atoms with van der Waals surface area (Å²) in [4.78, 5) is 40.7. The smallest absolute Gasteiger partial charge is 0.338 e. The van der Waals surface area contributed by atoms with E-state index in [1.54, 1.807) is 30.6 Å². The Kier molecular flexibility index (Phi) is 7.02. The van der Waals surface area contributed by atoms with E-state index in [0.717, 1.165) is 16.7 Å². The van der Waals surface area contributed by atoms with Crippen molar-refractivity contribution in [3.05, 3.63) is 60.4 Å². The van der Waals surface area contributed by atoms with E-state index < -0.39 is 30.5 Å². The highest BCUT2D eigenvalue weighted by Gasteiger charge is 2.27. The molecule has 0 aliphatic rings. The summed E-state index contributed by atoms with van der Waals surface area (Å²) in [5, 5.41) is 2.57. The third-order valence-corrected chi connectivity index (χ3v) is 5.15. The third-order valence-electron chi connectivity index (χ3n) is 5.15. The average molecular weight is 423 g/mol. The van der Waals surface area contributed by atoms with Crippen LogP contribution in [0.5, 0.6) is 0 Å². The summed E-state index contributed by atoms with van der Waals surface area (Å²) < 4.78 is 11.7. The highest BCUT2D eigenvalue weighted by Crippen LogP contribution is 2.18. The fourth-order valence-corrected chi connectivity index (χ4v) is 3.15. The van der Waals surface area contributed by atoms with Crippen LogP contribution in [0.15, 0.2) is 54.9 Å². The number of rotatable bonds is 8. The van der Waals surface area contributed by atoms with Gasteiger partial charge in [-0.2, -0.15) is 0 Å². The van der Waals surface area contributed by atoms with Gasteiger partial charge in [0.1, 0.15) is 12.4 Å². The van der Waals surface area contributed by atoms with E-state index in [9.17, 15) is 14.4 Å². The summed E-state index contributed by atoms with van der Waals surface area (Å²) in [5.41, 5.74) is 2.99. The molecule has 0 spiro atoms. The molecule has 0 saturated carbocycles. The molecule has 0 fully saturated rings. The Morgan fingerprint density at radius 3 is 2.48 bits per heavy atom. The summed E-state index contributed by atoms with van der Waals surface area (Å²) in [6.07, 6.45) is 2.40. The second-order valence-electron chi connectivity index (χ2n) is 7.18. The molecule has 3 aromatic rings. The summed E-state index contributed by atoms with van der Waals surface area (Å²) in [6.45, 7) is 3.25. The fraction of sp³-hybridized carbons (Fsp3) is 0.304. The van der Waals surface area contributed by atoms with Crippen LogP contribution in [0.2, 0.25) is 0 Å². The summed E-state index contributed by atoms with van der Waals surface area (Å²) in [6, 6.07) is 13.8. The topological polar surface area (TPSA) is 99.5 Å². The van der Waals surface area contributed by atoms with Crippen molar-refractivity contribution in [2.75, 3.05) is 13.7 Å². The molecule has 1 aromatic heterocycles. The molecule has 31 heavy (non-hydrogen) atoms. The summed E-state index contributed by atoms with van der Waals surface area (Å²) in [5.74, 6) is -1.84. The molecule has 0 aliphatic carbocycles. The van der Waals surface area contributed by atoms with Crippen LogP contribution >= 0.6 is 0 Å². The molecule has 8 heteroatoms. The number of esters is 2. The number of nitrogens with one attached hydrogen (secondary N) is 1. The van der Waals surface area contributed by atoms with E-state index in [-0.39, 0.29) is 5.92 Å². The average Bonchev–Trinajstić information content (AvgIpc) is 3.24. The van der Waals surface area contributed by atoms with Crippen LogP contribution in [0.25, 0.3) is 16.7 Å². The zero-order valence-electron chi connectivity index (χ0n) is 17.7. The van der Waals surface area contributed by atoms with E-state index in [1.807, 2.05) is 42.7 Å². The number of ether oxygens (including phenoxy) is 2. The van der Waals surface area contributed by atoms with Gasteiger partial charge in [-0.1, -0.05) is 32.4 Å². The molecular weight excluding hydrogens is 398 g/mol. The van der Waals surface area contributed by atoms with E-state index in [4.69, 9.17) is 9.47 Å². The molecular formula is C23H25N3O5. The number of nitrogens with zero attached hydrogens (tertiary/aromatic N) is 2. The Hall–Kier alpha value is -3.68. The van der Waals surface area contributed by atoms with E-state index >= 15 is 0 Å². The predicted molar refractivity (Wildman–Crippen MR) is 115 cm³/mol. The number of hydrogen-bond donors (Lipinski definition) is 1. The number of para-hydroxylation sites is 2. The maximum atomic E-state index is 12.3. The van der Waals surface area contributed by atoms with Gasteiger partial charge in [-0.05, 0) is 42.3 Å². The van der Waals surface area contributed by atoms with Gasteiger partial charge in [-0.15, -0.1) is 0 Å². The number of fused-ring (bicyclic) bond motifs is 1. The number of carbonyl (C=O) groups excluding carboxylic acids is 3. The van der Waals surface area contributed by atoms with Crippen molar-refractivity contribution in [1.82, 2.24) is 14.9 Å². The Labute approximate surface area is 180 Å². The molecule has 0 radical (unpaired) electrons. The first-order valence-corrected chi connectivity index (χ1v) is 10.0. The van der Waals surface area contributed by atoms with Crippen molar-refractivity contribution in [3.8, 4) is 5.69 Å². The molecule has 0 aliphatic heterocycles. The zero-order chi connectivity index (χ0) is 22.4. The number of imidazole rings is 1. The minimum Gasteiger partial charge on any atom is -0.467 e. The van der Waals surface area contributed by atoms with Crippen LogP contribution in [0.3, 0.4) is 0 Å². The van der Waals surface area contributed by atoms with Crippen LogP contribution < -0.4 is 5.32 Å². The van der Waals surface area contributed by atoms with Crippen molar-refractivity contribution in [2.45, 2.75) is 26.3 Å². The van der Waals surface area contributed by atoms with Gasteiger partial charge in [0.15, 0.2) is 6.61 Å². The van der Waals surface area contributed by atoms with Crippen molar-refractivity contribution >= 4 is 28.9 Å². The molecule has 1 heterocycles. The van der Waals surface area contributed by atoms with Crippen LogP contribution in [-0.2, 0) is 19.1 Å². The molecule has 1 N–H and O–H groups in total. The largest absolute Gasteiger partial charge is 0.467 e. The lowest BCUT2D eigenvalue weighted by molar-refractivity contribution is -0.147. The van der Waals surface area contributed by atoms with E-state index in [0.29, 0.717) is 12.0 Å². The molecule has 2 aromatic carbocycles. The van der Waals surface area contributed by atoms with Gasteiger partial charge in [-0.3, -0.25) is 9.36 Å². The molecule has 2 atom stereocenters. The zero-order valence-corrected chi connectivity index (χ0v) is 17.7. The highest BCUT2D eigenvalue weighted by atomic mass is 16.5. The fourth-order valence-electron chi connectivity index (χ4n) is 3.15. The van der Waals surface area contributed by atoms with Crippen LogP contribution in [0, 0.1) is 5.92 Å². The van der Waals surface area contributed by atoms with Crippen LogP contribution in [-0.4, -0.2) is 47.2 Å². The predicted octanol–water partition coefficient (Wildman–Crippen LogP) is 2.89. The van der Waals surface area contributed by atoms with Gasteiger partial charge in [0.2, 0.25) is 0 Å². The van der Waals surface area contributed by atoms with Crippen LogP contribution in [0.1, 0.15) is 30.6 Å². The summed E-state index contributed by atoms with van der Waals surface area (Å²) >= 11 is 0. The SMILES string of the molecule is CC[C@@H](C)[C@H](NC(=O)COC(=O)c1ccc(-n2cnc3ccccc32)cc1)C(=O)OC. The molecule has 0 bridgehead atoms. The third kappa shape index (κ3) is 5.09. The van der Waals surface area contributed by atoms with Crippen molar-refractivity contribution in [2.24, 2.45) is 5.92 Å². The van der Waals surface area contributed by atoms with Gasteiger partial charge >= 0.3 is 11.9 Å². The lowest BCUT2D eigenvalue weighted by Gasteiger charge is -2.21. The van der Waals surface area contributed by atoms with Gasteiger partial charge in [0.05, 0.1) is 23.7 Å². The lowest BCUT2D eigenvalue weighted by Crippen LogP contribution is -2.47. The number of methoxy groups -OCH3 is 1. The molecule has 162 valence electrons. The first kappa shape index (κ1) is 22.0. The summed E-state index contributed by atoms with van der Waals surface area (Å²) in [7, 11) is 1.26. The van der Waals surface area contributed by atoms with Gasteiger partial charge < -0.3 is 14.8 Å². The standard InChI is InChI=1S/C23H25N3O5/c1-4-15(2)21(23(29)30-3)25-20(27)13-31-22(28)16-9-11-17(12-10-16)26-14-24-18-7-5-6-8-19(18)26/h5-12,14-15,21H,4,13H2,1-3H3,(H,25,27)/t15-,21+/m1/s1. The quantitative estimate of drug-likeness (QED) is 0.560. The van der Waals surface area contributed by atoms with E-state index in [1.165, 1.54) is 7.11 Å². The number of aromatic nitrogens is 2.